The fraction of sp³-hybridized carbons (Fsp3) is 0.692. The molecule has 1 aliphatic heterocycles. The van der Waals surface area contributed by atoms with Crippen molar-refractivity contribution in [3.05, 3.63) is 35.9 Å². The Hall–Kier alpha value is -1.92. The number of nitrogens with zero attached hydrogens (tertiary/aromatic N) is 1. The Labute approximate surface area is 193 Å². The number of likely N-dealkylation sites (tertiary alicyclic amines) is 1. The van der Waals surface area contributed by atoms with Crippen molar-refractivity contribution in [3.8, 4) is 0 Å². The molecule has 32 heavy (non-hydrogen) atoms. The molecule has 0 spiro atoms. The fourth-order valence-corrected chi connectivity index (χ4v) is 4.48. The van der Waals surface area contributed by atoms with Crippen LogP contribution in [0.3, 0.4) is 0 Å². The first-order chi connectivity index (χ1) is 15.3. The Morgan fingerprint density at radius 2 is 1.84 bits per heavy atom. The second-order valence-corrected chi connectivity index (χ2v) is 9.27. The summed E-state index contributed by atoms with van der Waals surface area (Å²) in [5.41, 5.74) is 0.434. The van der Waals surface area contributed by atoms with Gasteiger partial charge >= 0.3 is 5.97 Å². The third kappa shape index (κ3) is 9.29. The number of ether oxygens (including phenoxy) is 1. The lowest BCUT2D eigenvalue weighted by Crippen LogP contribution is -2.40. The number of hydrogen-bond donors (Lipinski definition) is 2. The minimum absolute atomic E-state index is 0.0232. The predicted octanol–water partition coefficient (Wildman–Crippen LogP) is 4.02. The van der Waals surface area contributed by atoms with Crippen LogP contribution in [0.2, 0.25) is 0 Å². The molecule has 1 fully saturated rings. The van der Waals surface area contributed by atoms with E-state index in [9.17, 15) is 19.8 Å². The summed E-state index contributed by atoms with van der Waals surface area (Å²) in [6, 6.07) is 10.1. The molecule has 1 saturated heterocycles. The number of esters is 1. The Kier molecular flexibility index (Phi) is 11.2. The minimum atomic E-state index is -0.833. The third-order valence-electron chi connectivity index (χ3n) is 6.40. The molecule has 1 aliphatic rings. The Bertz CT molecular complexity index is 691. The average Bonchev–Trinajstić information content (AvgIpc) is 3.02. The Balaban J connectivity index is 1.70. The molecule has 1 heterocycles. The van der Waals surface area contributed by atoms with Crippen LogP contribution in [-0.2, 0) is 20.7 Å². The summed E-state index contributed by atoms with van der Waals surface area (Å²) in [6.45, 7) is 4.54. The van der Waals surface area contributed by atoms with Gasteiger partial charge in [-0.2, -0.15) is 0 Å². The van der Waals surface area contributed by atoms with Gasteiger partial charge in [-0.15, -0.1) is 0 Å². The van der Waals surface area contributed by atoms with E-state index in [1.807, 2.05) is 32.0 Å². The third-order valence-corrected chi connectivity index (χ3v) is 6.40. The molecule has 0 radical (unpaired) electrons. The molecule has 1 aromatic carbocycles. The quantitative estimate of drug-likeness (QED) is 0.313. The molecule has 0 saturated carbocycles. The molecule has 3 unspecified atom stereocenters. The fourth-order valence-electron chi connectivity index (χ4n) is 4.48. The van der Waals surface area contributed by atoms with E-state index in [0.29, 0.717) is 32.4 Å². The van der Waals surface area contributed by atoms with E-state index in [-0.39, 0.29) is 24.3 Å². The summed E-state index contributed by atoms with van der Waals surface area (Å²) < 4.78 is 4.93. The first kappa shape index (κ1) is 26.3. The number of aliphatic hydroxyl groups excluding tert-OH is 1. The molecule has 6 nitrogen and oxygen atoms in total. The molecule has 0 bridgehead atoms. The zero-order chi connectivity index (χ0) is 23.4. The second kappa shape index (κ2) is 13.6. The highest BCUT2D eigenvalue weighted by Gasteiger charge is 2.38. The number of rotatable bonds is 15. The monoisotopic (exact) mass is 447 g/mol. The molecule has 0 aliphatic carbocycles. The number of aryl methyl sites for hydroxylation is 1. The van der Waals surface area contributed by atoms with Crippen LogP contribution in [0.15, 0.2) is 30.3 Å². The number of amides is 1. The smallest absolute Gasteiger partial charge is 0.305 e. The van der Waals surface area contributed by atoms with Crippen molar-refractivity contribution in [1.29, 1.82) is 0 Å². The molecule has 1 amide bonds. The first-order valence-corrected chi connectivity index (χ1v) is 12.2. The van der Waals surface area contributed by atoms with Crippen molar-refractivity contribution >= 4 is 11.9 Å². The molecular formula is C26H41NO5. The highest BCUT2D eigenvalue weighted by molar-refractivity contribution is 5.79. The van der Waals surface area contributed by atoms with Gasteiger partial charge in [0.1, 0.15) is 0 Å². The second-order valence-electron chi connectivity index (χ2n) is 9.27. The van der Waals surface area contributed by atoms with Crippen LogP contribution in [0, 0.1) is 0 Å². The van der Waals surface area contributed by atoms with Gasteiger partial charge in [0.05, 0.1) is 30.8 Å². The maximum absolute atomic E-state index is 12.4. The summed E-state index contributed by atoms with van der Waals surface area (Å²) in [6.07, 6.45) is 7.35. The highest BCUT2D eigenvalue weighted by Crippen LogP contribution is 2.27. The molecule has 0 aromatic heterocycles. The normalized spacial score (nSPS) is 20.4. The molecule has 6 heteroatoms. The topological polar surface area (TPSA) is 87.1 Å². The lowest BCUT2D eigenvalue weighted by atomic mass is 9.93. The van der Waals surface area contributed by atoms with Crippen molar-refractivity contribution in [3.63, 3.8) is 0 Å². The van der Waals surface area contributed by atoms with Crippen molar-refractivity contribution in [2.24, 2.45) is 0 Å². The zero-order valence-electron chi connectivity index (χ0n) is 19.8. The van der Waals surface area contributed by atoms with Crippen molar-refractivity contribution in [2.45, 2.75) is 102 Å². The summed E-state index contributed by atoms with van der Waals surface area (Å²) in [4.78, 5) is 25.6. The first-order valence-electron chi connectivity index (χ1n) is 12.2. The lowest BCUT2D eigenvalue weighted by molar-refractivity contribution is -0.143. The summed E-state index contributed by atoms with van der Waals surface area (Å²) in [5, 5.41) is 21.2. The number of unbranched alkanes of at least 4 members (excludes halogenated alkanes) is 3. The molecule has 3 atom stereocenters. The number of benzene rings is 1. The van der Waals surface area contributed by atoms with E-state index in [2.05, 4.69) is 12.1 Å². The Morgan fingerprint density at radius 3 is 2.56 bits per heavy atom. The lowest BCUT2D eigenvalue weighted by Gasteiger charge is -2.30. The highest BCUT2D eigenvalue weighted by atomic mass is 16.5. The van der Waals surface area contributed by atoms with Crippen LogP contribution in [0.5, 0.6) is 0 Å². The van der Waals surface area contributed by atoms with Gasteiger partial charge in [-0.05, 0) is 57.9 Å². The summed E-state index contributed by atoms with van der Waals surface area (Å²) in [7, 11) is 0. The summed E-state index contributed by atoms with van der Waals surface area (Å²) >= 11 is 0. The van der Waals surface area contributed by atoms with Gasteiger partial charge in [0.2, 0.25) is 5.91 Å². The van der Waals surface area contributed by atoms with Crippen LogP contribution in [0.25, 0.3) is 0 Å². The maximum atomic E-state index is 12.4. The number of carbonyl (C=O) groups excluding carboxylic acids is 2. The standard InChI is InChI=1S/C26H41NO5/c1-3-32-25(30)16-10-5-4-9-15-22-23(28)20-24(29)27(22)19-18-26(2,31)17-11-14-21-12-7-6-8-13-21/h6-8,12-13,22-23,28,31H,3-5,9-11,14-20H2,1-2H3. The van der Waals surface area contributed by atoms with Gasteiger partial charge in [-0.3, -0.25) is 9.59 Å². The number of hydrogen-bond acceptors (Lipinski definition) is 5. The van der Waals surface area contributed by atoms with Crippen LogP contribution in [-0.4, -0.2) is 57.9 Å². The summed E-state index contributed by atoms with van der Waals surface area (Å²) in [5.74, 6) is -0.170. The van der Waals surface area contributed by atoms with E-state index < -0.39 is 11.7 Å². The Morgan fingerprint density at radius 1 is 1.12 bits per heavy atom. The molecule has 1 aromatic rings. The van der Waals surface area contributed by atoms with Gasteiger partial charge < -0.3 is 19.8 Å². The number of carbonyl (C=O) groups is 2. The van der Waals surface area contributed by atoms with E-state index in [0.717, 1.165) is 44.9 Å². The molecule has 180 valence electrons. The molecular weight excluding hydrogens is 406 g/mol. The van der Waals surface area contributed by atoms with E-state index in [1.165, 1.54) is 5.56 Å². The predicted molar refractivity (Wildman–Crippen MR) is 125 cm³/mol. The van der Waals surface area contributed by atoms with Crippen molar-refractivity contribution in [1.82, 2.24) is 4.90 Å². The van der Waals surface area contributed by atoms with Gasteiger partial charge in [-0.1, -0.05) is 49.6 Å². The van der Waals surface area contributed by atoms with Crippen LogP contribution in [0.4, 0.5) is 0 Å². The van der Waals surface area contributed by atoms with E-state index >= 15 is 0 Å². The van der Waals surface area contributed by atoms with E-state index in [1.54, 1.807) is 4.90 Å². The zero-order valence-corrected chi connectivity index (χ0v) is 19.8. The number of aliphatic hydroxyl groups is 2. The van der Waals surface area contributed by atoms with Gasteiger partial charge in [0.15, 0.2) is 0 Å². The molecule has 2 N–H and O–H groups in total. The minimum Gasteiger partial charge on any atom is -0.466 e. The van der Waals surface area contributed by atoms with E-state index in [4.69, 9.17) is 4.74 Å². The van der Waals surface area contributed by atoms with Gasteiger partial charge in [0.25, 0.3) is 0 Å². The van der Waals surface area contributed by atoms with Gasteiger partial charge in [0, 0.05) is 13.0 Å². The SMILES string of the molecule is CCOC(=O)CCCCCCC1C(O)CC(=O)N1CCC(C)(O)CCCc1ccccc1. The van der Waals surface area contributed by atoms with Gasteiger partial charge in [-0.25, -0.2) is 0 Å². The molecule has 2 rings (SSSR count). The van der Waals surface area contributed by atoms with Crippen molar-refractivity contribution in [2.75, 3.05) is 13.2 Å². The van der Waals surface area contributed by atoms with Crippen LogP contribution < -0.4 is 0 Å². The maximum Gasteiger partial charge on any atom is 0.305 e. The van der Waals surface area contributed by atoms with Crippen LogP contribution in [0.1, 0.15) is 83.6 Å². The largest absolute Gasteiger partial charge is 0.466 e. The van der Waals surface area contributed by atoms with Crippen LogP contribution >= 0.6 is 0 Å². The van der Waals surface area contributed by atoms with Crippen molar-refractivity contribution < 1.29 is 24.5 Å². The average molecular weight is 448 g/mol.